The number of esters is 1. The van der Waals surface area contributed by atoms with E-state index in [0.29, 0.717) is 24.5 Å². The molecule has 1 atom stereocenters. The maximum atomic E-state index is 12.7. The van der Waals surface area contributed by atoms with Gasteiger partial charge in [-0.2, -0.15) is 0 Å². The first-order valence-corrected chi connectivity index (χ1v) is 13.4. The first kappa shape index (κ1) is 29.2. The van der Waals surface area contributed by atoms with Gasteiger partial charge in [0.15, 0.2) is 0 Å². The molecule has 1 aromatic rings. The fourth-order valence-corrected chi connectivity index (χ4v) is 4.32. The Morgan fingerprint density at radius 3 is 2.09 bits per heavy atom. The third-order valence-corrected chi connectivity index (χ3v) is 6.55. The van der Waals surface area contributed by atoms with Crippen molar-refractivity contribution in [2.24, 2.45) is 11.8 Å². The van der Waals surface area contributed by atoms with Crippen LogP contribution in [0.1, 0.15) is 137 Å². The number of carbonyl (C=O) groups excluding carboxylic acids is 2. The number of hydrogen-bond acceptors (Lipinski definition) is 4. The van der Waals surface area contributed by atoms with Crippen LogP contribution in [0.15, 0.2) is 18.2 Å². The van der Waals surface area contributed by atoms with Gasteiger partial charge in [0.05, 0.1) is 18.1 Å². The molecule has 4 heteroatoms. The summed E-state index contributed by atoms with van der Waals surface area (Å²) in [5.74, 6) is -0.727. The zero-order valence-electron chi connectivity index (χ0n) is 21.6. The lowest BCUT2D eigenvalue weighted by Gasteiger charge is -2.18. The summed E-state index contributed by atoms with van der Waals surface area (Å²) in [5.41, 5.74) is 0.810. The number of carboxylic acids is 1. The number of carboxylic acid groups (broad SMARTS) is 1. The highest BCUT2D eigenvalue weighted by molar-refractivity contribution is 6.02. The predicted octanol–water partition coefficient (Wildman–Crippen LogP) is 7.13. The number of aryl methyl sites for hydroxylation is 1. The number of benzene rings is 1. The van der Waals surface area contributed by atoms with E-state index in [1.54, 1.807) is 18.2 Å². The molecule has 188 valence electrons. The molecule has 0 aromatic heterocycles. The van der Waals surface area contributed by atoms with E-state index in [-0.39, 0.29) is 11.1 Å². The van der Waals surface area contributed by atoms with Gasteiger partial charge >= 0.3 is 5.97 Å². The largest absolute Gasteiger partial charge is 0.545 e. The van der Waals surface area contributed by atoms with E-state index in [1.807, 2.05) is 0 Å². The second kappa shape index (κ2) is 17.6. The minimum absolute atomic E-state index is 0.00857. The van der Waals surface area contributed by atoms with Crippen LogP contribution in [0.25, 0.3) is 0 Å². The lowest BCUT2D eigenvalue weighted by molar-refractivity contribution is -0.255. The highest BCUT2D eigenvalue weighted by atomic mass is 16.5. The first-order chi connectivity index (χ1) is 15.9. The molecule has 1 rings (SSSR count). The van der Waals surface area contributed by atoms with E-state index in [2.05, 4.69) is 27.7 Å². The molecule has 0 bridgehead atoms. The molecule has 0 N–H and O–H groups in total. The standard InChI is InChI=1S/C29H48O4/c1-5-7-18-24(6-2)22-33-29(32)26-21-16-20-25(27(26)28(30)31)19-15-13-11-9-8-10-12-14-17-23(3)4/h16,20-21,23-24H,5-15,17-19,22H2,1-4H3,(H,30,31)/p-1. The van der Waals surface area contributed by atoms with Crippen molar-refractivity contribution >= 4 is 11.9 Å². The van der Waals surface area contributed by atoms with Gasteiger partial charge in [-0.25, -0.2) is 4.79 Å². The van der Waals surface area contributed by atoms with Gasteiger partial charge in [0.25, 0.3) is 0 Å². The molecular weight excluding hydrogens is 412 g/mol. The van der Waals surface area contributed by atoms with Crippen molar-refractivity contribution in [1.82, 2.24) is 0 Å². The molecule has 0 saturated carbocycles. The summed E-state index contributed by atoms with van der Waals surface area (Å²) in [5, 5.41) is 11.9. The zero-order chi connectivity index (χ0) is 24.5. The van der Waals surface area contributed by atoms with Crippen molar-refractivity contribution in [3.63, 3.8) is 0 Å². The molecule has 0 aliphatic rings. The molecule has 1 aromatic carbocycles. The van der Waals surface area contributed by atoms with Crippen molar-refractivity contribution in [2.45, 2.75) is 118 Å². The zero-order valence-corrected chi connectivity index (χ0v) is 21.6. The van der Waals surface area contributed by atoms with Crippen molar-refractivity contribution in [3.8, 4) is 0 Å². The minimum atomic E-state index is -1.29. The Morgan fingerprint density at radius 1 is 0.879 bits per heavy atom. The fourth-order valence-electron chi connectivity index (χ4n) is 4.32. The maximum absolute atomic E-state index is 12.7. The van der Waals surface area contributed by atoms with Gasteiger partial charge in [-0.1, -0.05) is 110 Å². The summed E-state index contributed by atoms with van der Waals surface area (Å²) >= 11 is 0. The SMILES string of the molecule is CCCCC(CC)COC(=O)c1cccc(CCCCCCCCCCC(C)C)c1C(=O)[O-]. The summed E-state index contributed by atoms with van der Waals surface area (Å²) in [4.78, 5) is 24.5. The average molecular weight is 460 g/mol. The molecule has 0 radical (unpaired) electrons. The van der Waals surface area contributed by atoms with Crippen LogP contribution in [-0.4, -0.2) is 18.5 Å². The average Bonchev–Trinajstić information content (AvgIpc) is 2.79. The van der Waals surface area contributed by atoms with Gasteiger partial charge in [-0.3, -0.25) is 0 Å². The topological polar surface area (TPSA) is 66.4 Å². The molecule has 0 fully saturated rings. The number of hydrogen-bond donors (Lipinski definition) is 0. The van der Waals surface area contributed by atoms with Crippen LogP contribution in [0.5, 0.6) is 0 Å². The van der Waals surface area contributed by atoms with E-state index in [9.17, 15) is 14.7 Å². The lowest BCUT2D eigenvalue weighted by Crippen LogP contribution is -2.27. The molecule has 4 nitrogen and oxygen atoms in total. The second-order valence-corrected chi connectivity index (χ2v) is 9.90. The Morgan fingerprint density at radius 2 is 1.52 bits per heavy atom. The van der Waals surface area contributed by atoms with Crippen LogP contribution >= 0.6 is 0 Å². The monoisotopic (exact) mass is 459 g/mol. The molecule has 0 amide bonds. The van der Waals surface area contributed by atoms with Crippen molar-refractivity contribution in [1.29, 1.82) is 0 Å². The van der Waals surface area contributed by atoms with Crippen molar-refractivity contribution in [3.05, 3.63) is 34.9 Å². The van der Waals surface area contributed by atoms with Gasteiger partial charge in [-0.15, -0.1) is 0 Å². The Balaban J connectivity index is 2.50. The van der Waals surface area contributed by atoms with Crippen molar-refractivity contribution in [2.75, 3.05) is 6.61 Å². The molecular formula is C29H47O4-. The molecule has 0 saturated heterocycles. The minimum Gasteiger partial charge on any atom is -0.545 e. The Kier molecular flexibility index (Phi) is 15.6. The lowest BCUT2D eigenvalue weighted by atomic mass is 9.96. The highest BCUT2D eigenvalue weighted by Crippen LogP contribution is 2.20. The van der Waals surface area contributed by atoms with Crippen LogP contribution in [0, 0.1) is 11.8 Å². The summed E-state index contributed by atoms with van der Waals surface area (Å²) in [6.45, 7) is 9.13. The van der Waals surface area contributed by atoms with E-state index in [4.69, 9.17) is 4.74 Å². The number of rotatable bonds is 19. The molecule has 1 unspecified atom stereocenters. The van der Waals surface area contributed by atoms with E-state index < -0.39 is 11.9 Å². The third-order valence-electron chi connectivity index (χ3n) is 6.55. The predicted molar refractivity (Wildman–Crippen MR) is 134 cm³/mol. The van der Waals surface area contributed by atoms with Gasteiger partial charge < -0.3 is 14.6 Å². The van der Waals surface area contributed by atoms with E-state index >= 15 is 0 Å². The van der Waals surface area contributed by atoms with Gasteiger partial charge in [0, 0.05) is 5.56 Å². The number of aromatic carboxylic acids is 1. The normalized spacial score (nSPS) is 12.2. The Bertz CT molecular complexity index is 680. The molecule has 0 aliphatic carbocycles. The van der Waals surface area contributed by atoms with Crippen LogP contribution < -0.4 is 5.11 Å². The van der Waals surface area contributed by atoms with E-state index in [0.717, 1.165) is 44.4 Å². The van der Waals surface area contributed by atoms with Gasteiger partial charge in [0.1, 0.15) is 0 Å². The first-order valence-electron chi connectivity index (χ1n) is 13.4. The fraction of sp³-hybridized carbons (Fsp3) is 0.724. The van der Waals surface area contributed by atoms with Crippen LogP contribution in [-0.2, 0) is 11.2 Å². The van der Waals surface area contributed by atoms with Gasteiger partial charge in [0.2, 0.25) is 0 Å². The molecule has 33 heavy (non-hydrogen) atoms. The summed E-state index contributed by atoms with van der Waals surface area (Å²) < 4.78 is 5.50. The van der Waals surface area contributed by atoms with Crippen LogP contribution in [0.3, 0.4) is 0 Å². The van der Waals surface area contributed by atoms with Gasteiger partial charge in [-0.05, 0) is 42.7 Å². The summed E-state index contributed by atoms with van der Waals surface area (Å²) in [6, 6.07) is 5.10. The number of carbonyl (C=O) groups is 2. The number of ether oxygens (including phenoxy) is 1. The third kappa shape index (κ3) is 12.3. The maximum Gasteiger partial charge on any atom is 0.338 e. The van der Waals surface area contributed by atoms with Crippen molar-refractivity contribution < 1.29 is 19.4 Å². The Hall–Kier alpha value is -1.84. The second-order valence-electron chi connectivity index (χ2n) is 9.90. The molecule has 0 heterocycles. The van der Waals surface area contributed by atoms with E-state index in [1.165, 1.54) is 44.9 Å². The quantitative estimate of drug-likeness (QED) is 0.163. The number of unbranched alkanes of at least 4 members (excludes halogenated alkanes) is 8. The summed E-state index contributed by atoms with van der Waals surface area (Å²) in [7, 11) is 0. The molecule has 0 aliphatic heterocycles. The highest BCUT2D eigenvalue weighted by Gasteiger charge is 2.18. The van der Waals surface area contributed by atoms with Crippen LogP contribution in [0.4, 0.5) is 0 Å². The molecule has 0 spiro atoms. The summed E-state index contributed by atoms with van der Waals surface area (Å²) in [6.07, 6.45) is 15.8. The smallest absolute Gasteiger partial charge is 0.338 e. The van der Waals surface area contributed by atoms with Crippen LogP contribution in [0.2, 0.25) is 0 Å². The Labute approximate surface area is 202 Å².